The van der Waals surface area contributed by atoms with Crippen molar-refractivity contribution in [2.45, 2.75) is 26.3 Å². The van der Waals surface area contributed by atoms with Crippen LogP contribution < -0.4 is 5.32 Å². The van der Waals surface area contributed by atoms with Crippen LogP contribution in [0.1, 0.15) is 28.2 Å². The van der Waals surface area contributed by atoms with Gasteiger partial charge in [0.05, 0.1) is 11.4 Å². The van der Waals surface area contributed by atoms with E-state index in [9.17, 15) is 4.79 Å². The minimum absolute atomic E-state index is 0.0774. The minimum atomic E-state index is 0.0774. The zero-order chi connectivity index (χ0) is 15.7. The van der Waals surface area contributed by atoms with Gasteiger partial charge in [0.1, 0.15) is 0 Å². The Balaban J connectivity index is 1.79. The molecule has 1 aromatic carbocycles. The van der Waals surface area contributed by atoms with Crippen molar-refractivity contribution in [1.29, 1.82) is 0 Å². The molecule has 1 aliphatic heterocycles. The van der Waals surface area contributed by atoms with Gasteiger partial charge < -0.3 is 10.2 Å². The van der Waals surface area contributed by atoms with Crippen LogP contribution >= 0.6 is 0 Å². The Kier molecular flexibility index (Phi) is 3.98. The number of nitrogens with one attached hydrogen (secondary N) is 1. The van der Waals surface area contributed by atoms with Crippen molar-refractivity contribution >= 4 is 5.91 Å². The molecule has 0 saturated carbocycles. The second-order valence-electron chi connectivity index (χ2n) is 5.95. The fraction of sp³-hybridized carbons (Fsp3) is 0.412. The number of aryl methyl sites for hydroxylation is 2. The SMILES string of the molecule is Cc1cc(C)n(-c2ccc(C(=O)N(C)[C@H]3CCNC3)cc2)n1. The van der Waals surface area contributed by atoms with Gasteiger partial charge in [-0.05, 0) is 57.1 Å². The van der Waals surface area contributed by atoms with E-state index in [0.717, 1.165) is 42.1 Å². The maximum Gasteiger partial charge on any atom is 0.253 e. The number of amides is 1. The third-order valence-electron chi connectivity index (χ3n) is 4.27. The van der Waals surface area contributed by atoms with E-state index in [1.54, 1.807) is 0 Å². The van der Waals surface area contributed by atoms with Crippen LogP contribution in [0, 0.1) is 13.8 Å². The Morgan fingerprint density at radius 1 is 1.32 bits per heavy atom. The highest BCUT2D eigenvalue weighted by Gasteiger charge is 2.23. The maximum atomic E-state index is 12.5. The number of carbonyl (C=O) groups excluding carboxylic acids is 1. The summed E-state index contributed by atoms with van der Waals surface area (Å²) in [5.41, 5.74) is 3.78. The topological polar surface area (TPSA) is 50.2 Å². The highest BCUT2D eigenvalue weighted by atomic mass is 16.2. The van der Waals surface area contributed by atoms with Crippen molar-refractivity contribution in [3.05, 3.63) is 47.3 Å². The van der Waals surface area contributed by atoms with Gasteiger partial charge in [-0.25, -0.2) is 4.68 Å². The maximum absolute atomic E-state index is 12.5. The summed E-state index contributed by atoms with van der Waals surface area (Å²) in [6.07, 6.45) is 1.02. The van der Waals surface area contributed by atoms with E-state index in [4.69, 9.17) is 0 Å². The first kappa shape index (κ1) is 14.8. The van der Waals surface area contributed by atoms with E-state index in [2.05, 4.69) is 10.4 Å². The van der Waals surface area contributed by atoms with Crippen LogP contribution in [0.15, 0.2) is 30.3 Å². The normalized spacial score (nSPS) is 17.7. The summed E-state index contributed by atoms with van der Waals surface area (Å²) in [5, 5.41) is 7.76. The first-order chi connectivity index (χ1) is 10.6. The summed E-state index contributed by atoms with van der Waals surface area (Å²) >= 11 is 0. The zero-order valence-electron chi connectivity index (χ0n) is 13.3. The number of hydrogen-bond acceptors (Lipinski definition) is 3. The highest BCUT2D eigenvalue weighted by Crippen LogP contribution is 2.16. The lowest BCUT2D eigenvalue weighted by atomic mass is 10.1. The number of aromatic nitrogens is 2. The fourth-order valence-corrected chi connectivity index (χ4v) is 2.97. The highest BCUT2D eigenvalue weighted by molar-refractivity contribution is 5.94. The molecule has 0 unspecified atom stereocenters. The minimum Gasteiger partial charge on any atom is -0.337 e. The summed E-state index contributed by atoms with van der Waals surface area (Å²) < 4.78 is 1.90. The Bertz CT molecular complexity index is 668. The molecule has 1 aromatic heterocycles. The molecule has 0 radical (unpaired) electrons. The van der Waals surface area contributed by atoms with E-state index in [-0.39, 0.29) is 5.91 Å². The van der Waals surface area contributed by atoms with Crippen LogP contribution in [0.5, 0.6) is 0 Å². The van der Waals surface area contributed by atoms with Crippen molar-refractivity contribution in [3.63, 3.8) is 0 Å². The number of carbonyl (C=O) groups is 1. The lowest BCUT2D eigenvalue weighted by Crippen LogP contribution is -2.38. The van der Waals surface area contributed by atoms with Crippen LogP contribution in [-0.4, -0.2) is 46.8 Å². The van der Waals surface area contributed by atoms with Crippen LogP contribution in [0.4, 0.5) is 0 Å². The Morgan fingerprint density at radius 2 is 2.05 bits per heavy atom. The molecule has 1 amide bonds. The van der Waals surface area contributed by atoms with Crippen molar-refractivity contribution in [3.8, 4) is 5.69 Å². The number of hydrogen-bond donors (Lipinski definition) is 1. The summed E-state index contributed by atoms with van der Waals surface area (Å²) in [7, 11) is 1.88. The van der Waals surface area contributed by atoms with E-state index >= 15 is 0 Å². The van der Waals surface area contributed by atoms with Crippen LogP contribution in [0.25, 0.3) is 5.69 Å². The van der Waals surface area contributed by atoms with Gasteiger partial charge in [0, 0.05) is 30.9 Å². The van der Waals surface area contributed by atoms with Crippen LogP contribution in [-0.2, 0) is 0 Å². The van der Waals surface area contributed by atoms with Gasteiger partial charge in [0.25, 0.3) is 5.91 Å². The predicted molar refractivity (Wildman–Crippen MR) is 86.4 cm³/mol. The largest absolute Gasteiger partial charge is 0.337 e. The van der Waals surface area contributed by atoms with Gasteiger partial charge in [-0.15, -0.1) is 0 Å². The molecule has 0 spiro atoms. The smallest absolute Gasteiger partial charge is 0.253 e. The molecule has 0 bridgehead atoms. The van der Waals surface area contributed by atoms with E-state index in [1.807, 2.05) is 60.8 Å². The number of likely N-dealkylation sites (N-methyl/N-ethyl adjacent to an activating group) is 1. The fourth-order valence-electron chi connectivity index (χ4n) is 2.97. The first-order valence-corrected chi connectivity index (χ1v) is 7.68. The molecule has 0 aliphatic carbocycles. The molecular formula is C17H22N4O. The summed E-state index contributed by atoms with van der Waals surface area (Å²) in [6, 6.07) is 10.0. The summed E-state index contributed by atoms with van der Waals surface area (Å²) in [6.45, 7) is 5.87. The molecule has 1 fully saturated rings. The molecule has 116 valence electrons. The Labute approximate surface area is 130 Å². The molecule has 1 atom stereocenters. The molecule has 22 heavy (non-hydrogen) atoms. The molecule has 2 aromatic rings. The number of nitrogens with zero attached hydrogens (tertiary/aromatic N) is 3. The molecule has 5 heteroatoms. The van der Waals surface area contributed by atoms with Crippen LogP contribution in [0.3, 0.4) is 0 Å². The standard InChI is InChI=1S/C17H22N4O/c1-12-10-13(2)21(19-12)15-6-4-14(5-7-15)17(22)20(3)16-8-9-18-11-16/h4-7,10,16,18H,8-9,11H2,1-3H3/t16-/m0/s1. The molecule has 3 rings (SSSR count). The quantitative estimate of drug-likeness (QED) is 0.942. The average Bonchev–Trinajstić information content (AvgIpc) is 3.15. The Hall–Kier alpha value is -2.14. The lowest BCUT2D eigenvalue weighted by molar-refractivity contribution is 0.0744. The average molecular weight is 298 g/mol. The second-order valence-corrected chi connectivity index (χ2v) is 5.95. The number of rotatable bonds is 3. The summed E-state index contributed by atoms with van der Waals surface area (Å²) in [5.74, 6) is 0.0774. The third-order valence-corrected chi connectivity index (χ3v) is 4.27. The zero-order valence-corrected chi connectivity index (χ0v) is 13.3. The van der Waals surface area contributed by atoms with Gasteiger partial charge in [0.2, 0.25) is 0 Å². The van der Waals surface area contributed by atoms with E-state index in [1.165, 1.54) is 0 Å². The second kappa shape index (κ2) is 5.93. The molecule has 5 nitrogen and oxygen atoms in total. The molecule has 1 saturated heterocycles. The van der Waals surface area contributed by atoms with Crippen molar-refractivity contribution in [2.24, 2.45) is 0 Å². The molecule has 1 aliphatic rings. The molecule has 1 N–H and O–H groups in total. The van der Waals surface area contributed by atoms with Gasteiger partial charge in [-0.3, -0.25) is 4.79 Å². The van der Waals surface area contributed by atoms with E-state index < -0.39 is 0 Å². The monoisotopic (exact) mass is 298 g/mol. The first-order valence-electron chi connectivity index (χ1n) is 7.68. The van der Waals surface area contributed by atoms with Crippen molar-refractivity contribution < 1.29 is 4.79 Å². The predicted octanol–water partition coefficient (Wildman–Crippen LogP) is 1.92. The molecule has 2 heterocycles. The van der Waals surface area contributed by atoms with Crippen LogP contribution in [0.2, 0.25) is 0 Å². The number of benzene rings is 1. The van der Waals surface area contributed by atoms with Gasteiger partial charge in [0.15, 0.2) is 0 Å². The van der Waals surface area contributed by atoms with Gasteiger partial charge in [-0.2, -0.15) is 5.10 Å². The lowest BCUT2D eigenvalue weighted by Gasteiger charge is -2.23. The molecular weight excluding hydrogens is 276 g/mol. The Morgan fingerprint density at radius 3 is 2.59 bits per heavy atom. The summed E-state index contributed by atoms with van der Waals surface area (Å²) in [4.78, 5) is 14.4. The van der Waals surface area contributed by atoms with Crippen molar-refractivity contribution in [2.75, 3.05) is 20.1 Å². The third kappa shape index (κ3) is 2.76. The van der Waals surface area contributed by atoms with Gasteiger partial charge >= 0.3 is 0 Å². The van der Waals surface area contributed by atoms with Crippen molar-refractivity contribution in [1.82, 2.24) is 20.0 Å². The van der Waals surface area contributed by atoms with Gasteiger partial charge in [-0.1, -0.05) is 0 Å². The van der Waals surface area contributed by atoms with E-state index in [0.29, 0.717) is 6.04 Å².